The molecule has 0 spiro atoms. The lowest BCUT2D eigenvalue weighted by atomic mass is 9.93. The van der Waals surface area contributed by atoms with Gasteiger partial charge in [0.2, 0.25) is 0 Å². The average molecular weight is 402 g/mol. The Balaban J connectivity index is 1.68. The molecule has 0 saturated heterocycles. The number of anilines is 1. The summed E-state index contributed by atoms with van der Waals surface area (Å²) >= 11 is 0. The summed E-state index contributed by atoms with van der Waals surface area (Å²) in [5.41, 5.74) is 3.99. The van der Waals surface area contributed by atoms with Crippen LogP contribution in [0.1, 0.15) is 18.5 Å². The van der Waals surface area contributed by atoms with Crippen molar-refractivity contribution in [2.45, 2.75) is 13.0 Å². The van der Waals surface area contributed by atoms with Gasteiger partial charge in [-0.25, -0.2) is 23.7 Å². The van der Waals surface area contributed by atoms with Crippen molar-refractivity contribution in [3.8, 4) is 11.1 Å². The summed E-state index contributed by atoms with van der Waals surface area (Å²) in [5.74, 6) is -0.193. The van der Waals surface area contributed by atoms with Crippen LogP contribution in [0, 0.1) is 11.6 Å². The Morgan fingerprint density at radius 1 is 0.967 bits per heavy atom. The standard InChI is InChI=1S/C22H16F2N6/c1-12(30-22-20-21(27-10-26-20)28-11-29-22)17-9-25-18-6-5-15(24)8-16(18)19(17)13-3-2-4-14(23)7-13/h2-12H,1H3,(H2,26,27,28,29,30)/t12-/m0/s1. The number of H-pyrrole nitrogens is 1. The fourth-order valence-corrected chi connectivity index (χ4v) is 3.63. The monoisotopic (exact) mass is 402 g/mol. The van der Waals surface area contributed by atoms with Gasteiger partial charge in [-0.1, -0.05) is 12.1 Å². The van der Waals surface area contributed by atoms with Crippen LogP contribution in [0.3, 0.4) is 0 Å². The van der Waals surface area contributed by atoms with Crippen LogP contribution in [0.5, 0.6) is 0 Å². The Labute approximate surface area is 170 Å². The number of aromatic amines is 1. The van der Waals surface area contributed by atoms with Crippen LogP contribution >= 0.6 is 0 Å². The van der Waals surface area contributed by atoms with E-state index in [1.165, 1.54) is 30.6 Å². The van der Waals surface area contributed by atoms with Crippen molar-refractivity contribution in [2.75, 3.05) is 5.32 Å². The first-order valence-electron chi connectivity index (χ1n) is 9.35. The van der Waals surface area contributed by atoms with Gasteiger partial charge in [0, 0.05) is 17.1 Å². The molecule has 0 radical (unpaired) electrons. The zero-order valence-corrected chi connectivity index (χ0v) is 15.9. The number of halogens is 2. The number of aromatic nitrogens is 5. The van der Waals surface area contributed by atoms with Crippen LogP contribution in [-0.4, -0.2) is 24.9 Å². The van der Waals surface area contributed by atoms with E-state index in [4.69, 9.17) is 0 Å². The topological polar surface area (TPSA) is 79.4 Å². The summed E-state index contributed by atoms with van der Waals surface area (Å²) in [6, 6.07) is 10.4. The summed E-state index contributed by atoms with van der Waals surface area (Å²) < 4.78 is 28.1. The molecular weight excluding hydrogens is 386 g/mol. The van der Waals surface area contributed by atoms with Crippen LogP contribution in [0.15, 0.2) is 61.3 Å². The molecule has 0 bridgehead atoms. The summed E-state index contributed by atoms with van der Waals surface area (Å²) in [4.78, 5) is 20.1. The van der Waals surface area contributed by atoms with Gasteiger partial charge in [-0.2, -0.15) is 0 Å². The van der Waals surface area contributed by atoms with Crippen molar-refractivity contribution in [3.63, 3.8) is 0 Å². The Bertz CT molecular complexity index is 1380. The summed E-state index contributed by atoms with van der Waals surface area (Å²) in [5, 5.41) is 3.94. The Hall–Kier alpha value is -3.94. The fraction of sp³-hybridized carbons (Fsp3) is 0.0909. The second kappa shape index (κ2) is 7.14. The van der Waals surface area contributed by atoms with E-state index in [2.05, 4.69) is 30.2 Å². The summed E-state index contributed by atoms with van der Waals surface area (Å²) in [6.45, 7) is 1.94. The van der Waals surface area contributed by atoms with Crippen LogP contribution < -0.4 is 5.32 Å². The fourth-order valence-electron chi connectivity index (χ4n) is 3.63. The number of nitrogens with one attached hydrogen (secondary N) is 2. The second-order valence-corrected chi connectivity index (χ2v) is 6.95. The highest BCUT2D eigenvalue weighted by molar-refractivity contribution is 5.96. The molecule has 0 saturated carbocycles. The molecule has 2 N–H and O–H groups in total. The third-order valence-electron chi connectivity index (χ3n) is 5.01. The van der Waals surface area contributed by atoms with Crippen molar-refractivity contribution in [3.05, 3.63) is 78.5 Å². The molecule has 0 aliphatic rings. The molecule has 0 aliphatic heterocycles. The molecule has 5 aromatic rings. The maximum Gasteiger partial charge on any atom is 0.162 e. The smallest absolute Gasteiger partial charge is 0.162 e. The number of nitrogens with zero attached hydrogens (tertiary/aromatic N) is 4. The highest BCUT2D eigenvalue weighted by atomic mass is 19.1. The minimum atomic E-state index is -0.381. The quantitative estimate of drug-likeness (QED) is 0.441. The van der Waals surface area contributed by atoms with E-state index in [1.54, 1.807) is 30.7 Å². The van der Waals surface area contributed by atoms with E-state index in [0.717, 1.165) is 5.56 Å². The van der Waals surface area contributed by atoms with E-state index >= 15 is 0 Å². The molecule has 0 aliphatic carbocycles. The predicted molar refractivity (Wildman–Crippen MR) is 111 cm³/mol. The maximum atomic E-state index is 14.1. The zero-order valence-electron chi connectivity index (χ0n) is 15.9. The van der Waals surface area contributed by atoms with Crippen molar-refractivity contribution < 1.29 is 8.78 Å². The van der Waals surface area contributed by atoms with Gasteiger partial charge in [0.15, 0.2) is 11.5 Å². The third kappa shape index (κ3) is 3.12. The largest absolute Gasteiger partial charge is 0.362 e. The van der Waals surface area contributed by atoms with Gasteiger partial charge < -0.3 is 10.3 Å². The predicted octanol–water partition coefficient (Wildman–Crippen LogP) is 5.02. The molecule has 148 valence electrons. The zero-order chi connectivity index (χ0) is 20.7. The van der Waals surface area contributed by atoms with Crippen LogP contribution in [0.25, 0.3) is 33.2 Å². The average Bonchev–Trinajstić information content (AvgIpc) is 3.22. The molecule has 0 fully saturated rings. The van der Waals surface area contributed by atoms with Crippen LogP contribution in [0.4, 0.5) is 14.6 Å². The van der Waals surface area contributed by atoms with E-state index in [1.807, 2.05) is 6.92 Å². The second-order valence-electron chi connectivity index (χ2n) is 6.95. The molecule has 2 aromatic carbocycles. The van der Waals surface area contributed by atoms with Gasteiger partial charge in [0.25, 0.3) is 0 Å². The number of hydrogen-bond donors (Lipinski definition) is 2. The van der Waals surface area contributed by atoms with E-state index in [-0.39, 0.29) is 17.7 Å². The minimum absolute atomic E-state index is 0.279. The molecule has 5 rings (SSSR count). The lowest BCUT2D eigenvalue weighted by Gasteiger charge is -2.20. The Morgan fingerprint density at radius 3 is 2.70 bits per heavy atom. The van der Waals surface area contributed by atoms with Gasteiger partial charge in [-0.05, 0) is 48.4 Å². The van der Waals surface area contributed by atoms with E-state index in [9.17, 15) is 8.78 Å². The summed E-state index contributed by atoms with van der Waals surface area (Å²) in [7, 11) is 0. The number of pyridine rings is 1. The lowest BCUT2D eigenvalue weighted by molar-refractivity contribution is 0.628. The van der Waals surface area contributed by atoms with Crippen LogP contribution in [0.2, 0.25) is 0 Å². The Kier molecular flexibility index (Phi) is 4.31. The molecule has 0 unspecified atom stereocenters. The molecular formula is C22H16F2N6. The van der Waals surface area contributed by atoms with E-state index < -0.39 is 0 Å². The minimum Gasteiger partial charge on any atom is -0.362 e. The lowest BCUT2D eigenvalue weighted by Crippen LogP contribution is -2.11. The summed E-state index contributed by atoms with van der Waals surface area (Å²) in [6.07, 6.45) is 4.71. The van der Waals surface area contributed by atoms with Gasteiger partial charge in [-0.15, -0.1) is 0 Å². The van der Waals surface area contributed by atoms with Gasteiger partial charge in [0.05, 0.1) is 17.9 Å². The first-order valence-corrected chi connectivity index (χ1v) is 9.35. The number of benzene rings is 2. The molecule has 6 nitrogen and oxygen atoms in total. The molecule has 1 atom stereocenters. The first-order chi connectivity index (χ1) is 14.6. The van der Waals surface area contributed by atoms with Gasteiger partial charge in [-0.3, -0.25) is 4.98 Å². The number of rotatable bonds is 4. The number of hydrogen-bond acceptors (Lipinski definition) is 5. The molecule has 3 aromatic heterocycles. The number of imidazole rings is 1. The van der Waals surface area contributed by atoms with Crippen molar-refractivity contribution in [1.82, 2.24) is 24.9 Å². The number of fused-ring (bicyclic) bond motifs is 2. The Morgan fingerprint density at radius 2 is 1.83 bits per heavy atom. The normalized spacial score (nSPS) is 12.4. The highest BCUT2D eigenvalue weighted by Gasteiger charge is 2.19. The highest BCUT2D eigenvalue weighted by Crippen LogP contribution is 2.36. The molecule has 0 amide bonds. The van der Waals surface area contributed by atoms with Crippen molar-refractivity contribution in [1.29, 1.82) is 0 Å². The first kappa shape index (κ1) is 18.1. The molecule has 3 heterocycles. The van der Waals surface area contributed by atoms with Crippen molar-refractivity contribution in [2.24, 2.45) is 0 Å². The SMILES string of the molecule is C[C@H](Nc1ncnc2[nH]cnc12)c1cnc2ccc(F)cc2c1-c1cccc(F)c1. The molecule has 30 heavy (non-hydrogen) atoms. The van der Waals surface area contributed by atoms with E-state index in [0.29, 0.717) is 39.0 Å². The van der Waals surface area contributed by atoms with Gasteiger partial charge >= 0.3 is 0 Å². The van der Waals surface area contributed by atoms with Crippen molar-refractivity contribution >= 4 is 27.9 Å². The third-order valence-corrected chi connectivity index (χ3v) is 5.01. The van der Waals surface area contributed by atoms with Gasteiger partial charge in [0.1, 0.15) is 23.5 Å². The maximum absolute atomic E-state index is 14.1. The van der Waals surface area contributed by atoms with Crippen LogP contribution in [-0.2, 0) is 0 Å². The molecule has 8 heteroatoms.